The number of amides is 1. The van der Waals surface area contributed by atoms with Crippen molar-refractivity contribution in [3.63, 3.8) is 0 Å². The van der Waals surface area contributed by atoms with Gasteiger partial charge in [0.05, 0.1) is 6.73 Å². The van der Waals surface area contributed by atoms with Gasteiger partial charge in [-0.15, -0.1) is 0 Å². The first-order valence-corrected chi connectivity index (χ1v) is 7.63. The predicted octanol–water partition coefficient (Wildman–Crippen LogP) is 1.40. The van der Waals surface area contributed by atoms with E-state index in [4.69, 9.17) is 10.4 Å². The van der Waals surface area contributed by atoms with Crippen LogP contribution in [0.25, 0.3) is 0 Å². The first kappa shape index (κ1) is 16.1. The molecule has 1 amide bonds. The maximum absolute atomic E-state index is 12.1. The quantitative estimate of drug-likeness (QED) is 0.529. The molecule has 0 aliphatic heterocycles. The zero-order valence-electron chi connectivity index (χ0n) is 11.2. The summed E-state index contributed by atoms with van der Waals surface area (Å²) in [4.78, 5) is 12.1. The van der Waals surface area contributed by atoms with E-state index < -0.39 is 0 Å². The van der Waals surface area contributed by atoms with Crippen molar-refractivity contribution in [3.05, 3.63) is 35.9 Å². The first-order chi connectivity index (χ1) is 9.27. The van der Waals surface area contributed by atoms with Crippen molar-refractivity contribution in [2.75, 3.05) is 18.7 Å². The minimum Gasteiger partial charge on any atom is -0.428 e. The molecule has 0 spiro atoms. The van der Waals surface area contributed by atoms with Gasteiger partial charge in [0.2, 0.25) is 5.91 Å². The summed E-state index contributed by atoms with van der Waals surface area (Å²) >= 11 is 1.71. The SMILES string of the molecule is CSCC[C@H]([B]OCN)C(=O)NCc1ccccc1. The van der Waals surface area contributed by atoms with Gasteiger partial charge >= 0.3 is 7.48 Å². The molecule has 3 N–H and O–H groups in total. The standard InChI is InChI=1S/C13H20BN2O2S/c1-19-8-7-12(14-18-10-15)13(17)16-9-11-5-3-2-4-6-11/h2-6,12H,7-10,15H2,1H3,(H,16,17)/t12-/m0/s1. The monoisotopic (exact) mass is 279 g/mol. The Labute approximate surface area is 119 Å². The van der Waals surface area contributed by atoms with E-state index in [1.807, 2.05) is 36.6 Å². The molecule has 19 heavy (non-hydrogen) atoms. The molecule has 0 fully saturated rings. The van der Waals surface area contributed by atoms with Crippen LogP contribution >= 0.6 is 11.8 Å². The molecule has 0 aliphatic carbocycles. The summed E-state index contributed by atoms with van der Waals surface area (Å²) in [6, 6.07) is 9.83. The van der Waals surface area contributed by atoms with E-state index in [0.717, 1.165) is 17.7 Å². The largest absolute Gasteiger partial charge is 0.428 e. The van der Waals surface area contributed by atoms with E-state index in [9.17, 15) is 4.79 Å². The number of hydrogen-bond acceptors (Lipinski definition) is 4. The second-order valence-corrected chi connectivity index (χ2v) is 5.05. The molecule has 0 unspecified atom stereocenters. The number of hydrogen-bond donors (Lipinski definition) is 2. The molecule has 103 valence electrons. The smallest absolute Gasteiger partial charge is 0.307 e. The average molecular weight is 279 g/mol. The summed E-state index contributed by atoms with van der Waals surface area (Å²) in [5, 5.41) is 2.92. The second kappa shape index (κ2) is 9.89. The summed E-state index contributed by atoms with van der Waals surface area (Å²) in [5.41, 5.74) is 6.36. The number of carbonyl (C=O) groups is 1. The van der Waals surface area contributed by atoms with Crippen molar-refractivity contribution in [2.24, 2.45) is 5.73 Å². The van der Waals surface area contributed by atoms with Crippen molar-refractivity contribution in [1.82, 2.24) is 5.32 Å². The van der Waals surface area contributed by atoms with Gasteiger partial charge in [0.1, 0.15) is 0 Å². The van der Waals surface area contributed by atoms with Crippen LogP contribution in [0.5, 0.6) is 0 Å². The second-order valence-electron chi connectivity index (χ2n) is 4.06. The van der Waals surface area contributed by atoms with E-state index in [0.29, 0.717) is 6.54 Å². The highest BCUT2D eigenvalue weighted by Gasteiger charge is 2.20. The molecule has 0 bridgehead atoms. The van der Waals surface area contributed by atoms with E-state index >= 15 is 0 Å². The van der Waals surface area contributed by atoms with Crippen LogP contribution in [0.4, 0.5) is 0 Å². The molecular weight excluding hydrogens is 259 g/mol. The van der Waals surface area contributed by atoms with Gasteiger partial charge in [-0.1, -0.05) is 30.3 Å². The third kappa shape index (κ3) is 6.66. The van der Waals surface area contributed by atoms with Gasteiger partial charge in [-0.25, -0.2) is 0 Å². The van der Waals surface area contributed by atoms with Crippen LogP contribution in [0.3, 0.4) is 0 Å². The molecule has 1 rings (SSSR count). The highest BCUT2D eigenvalue weighted by atomic mass is 32.2. The van der Waals surface area contributed by atoms with Crippen molar-refractivity contribution < 1.29 is 9.45 Å². The van der Waals surface area contributed by atoms with Crippen LogP contribution < -0.4 is 11.1 Å². The van der Waals surface area contributed by atoms with E-state index in [-0.39, 0.29) is 18.5 Å². The van der Waals surface area contributed by atoms with Gasteiger partial charge in [-0.3, -0.25) is 4.79 Å². The van der Waals surface area contributed by atoms with E-state index in [2.05, 4.69) is 5.32 Å². The van der Waals surface area contributed by atoms with E-state index in [1.54, 1.807) is 11.8 Å². The van der Waals surface area contributed by atoms with Crippen LogP contribution in [0, 0.1) is 0 Å². The summed E-state index contributed by atoms with van der Waals surface area (Å²) < 4.78 is 5.05. The normalized spacial score (nSPS) is 11.9. The topological polar surface area (TPSA) is 64.3 Å². The van der Waals surface area contributed by atoms with Crippen LogP contribution in [-0.4, -0.2) is 32.1 Å². The lowest BCUT2D eigenvalue weighted by atomic mass is 9.77. The third-order valence-electron chi connectivity index (χ3n) is 2.64. The minimum absolute atomic E-state index is 0.0219. The van der Waals surface area contributed by atoms with Crippen LogP contribution in [0.2, 0.25) is 5.82 Å². The van der Waals surface area contributed by atoms with Gasteiger partial charge in [0, 0.05) is 12.4 Å². The maximum Gasteiger partial charge on any atom is 0.307 e. The van der Waals surface area contributed by atoms with Crippen molar-refractivity contribution >= 4 is 25.2 Å². The van der Waals surface area contributed by atoms with Crippen LogP contribution in [-0.2, 0) is 16.0 Å². The molecule has 0 saturated carbocycles. The summed E-state index contributed by atoms with van der Waals surface area (Å²) in [7, 11) is 1.54. The van der Waals surface area contributed by atoms with Crippen molar-refractivity contribution in [3.8, 4) is 0 Å². The molecule has 1 aromatic rings. The average Bonchev–Trinajstić information content (AvgIpc) is 2.46. The molecule has 6 heteroatoms. The van der Waals surface area contributed by atoms with Gasteiger partial charge in [0.25, 0.3) is 0 Å². The fraction of sp³-hybridized carbons (Fsp3) is 0.462. The molecular formula is C13H20BN2O2S. The molecule has 0 heterocycles. The lowest BCUT2D eigenvalue weighted by Gasteiger charge is -2.15. The highest BCUT2D eigenvalue weighted by Crippen LogP contribution is 2.13. The lowest BCUT2D eigenvalue weighted by Crippen LogP contribution is -2.31. The fourth-order valence-corrected chi connectivity index (χ4v) is 2.08. The molecule has 1 radical (unpaired) electrons. The zero-order valence-corrected chi connectivity index (χ0v) is 12.0. The van der Waals surface area contributed by atoms with Crippen LogP contribution in [0.1, 0.15) is 12.0 Å². The Hall–Kier alpha value is -0.975. The number of nitrogens with two attached hydrogens (primary N) is 1. The number of carbonyl (C=O) groups excluding carboxylic acids is 1. The molecule has 1 aromatic carbocycles. The Morgan fingerprint density at radius 1 is 1.47 bits per heavy atom. The van der Waals surface area contributed by atoms with Crippen LogP contribution in [0.15, 0.2) is 30.3 Å². The Balaban J connectivity index is 2.41. The third-order valence-corrected chi connectivity index (χ3v) is 3.28. The van der Waals surface area contributed by atoms with Gasteiger partial charge in [-0.2, -0.15) is 11.8 Å². The number of nitrogens with one attached hydrogen (secondary N) is 1. The Kier molecular flexibility index (Phi) is 8.37. The number of benzene rings is 1. The maximum atomic E-state index is 12.1. The summed E-state index contributed by atoms with van der Waals surface area (Å²) in [5.74, 6) is 0.638. The molecule has 0 aliphatic rings. The first-order valence-electron chi connectivity index (χ1n) is 6.23. The molecule has 4 nitrogen and oxygen atoms in total. The number of thioether (sulfide) groups is 1. The Morgan fingerprint density at radius 3 is 2.84 bits per heavy atom. The molecule has 0 saturated heterocycles. The zero-order chi connectivity index (χ0) is 13.9. The molecule has 0 aromatic heterocycles. The lowest BCUT2D eigenvalue weighted by molar-refractivity contribution is -0.121. The number of rotatable bonds is 9. The van der Waals surface area contributed by atoms with Gasteiger partial charge < -0.3 is 15.7 Å². The van der Waals surface area contributed by atoms with Crippen molar-refractivity contribution in [2.45, 2.75) is 18.8 Å². The fourth-order valence-electron chi connectivity index (χ4n) is 1.59. The highest BCUT2D eigenvalue weighted by molar-refractivity contribution is 7.98. The Bertz CT molecular complexity index is 357. The molecule has 1 atom stereocenters. The Morgan fingerprint density at radius 2 is 2.21 bits per heavy atom. The summed E-state index contributed by atoms with van der Waals surface area (Å²) in [6.07, 6.45) is 2.77. The van der Waals surface area contributed by atoms with Gasteiger partial charge in [0.15, 0.2) is 0 Å². The predicted molar refractivity (Wildman–Crippen MR) is 80.9 cm³/mol. The minimum atomic E-state index is -0.250. The van der Waals surface area contributed by atoms with Gasteiger partial charge in [-0.05, 0) is 24.0 Å². The van der Waals surface area contributed by atoms with E-state index in [1.165, 1.54) is 7.48 Å². The van der Waals surface area contributed by atoms with Crippen molar-refractivity contribution in [1.29, 1.82) is 0 Å². The summed E-state index contributed by atoms with van der Waals surface area (Å²) in [6.45, 7) is 0.633.